The molecule has 0 aromatic rings. The second-order valence-electron chi connectivity index (χ2n) is 4.41. The SMILES string of the molecule is NC(=O)N1CCC(NC2CC=CC2)CC1. The predicted molar refractivity (Wildman–Crippen MR) is 59.5 cm³/mol. The van der Waals surface area contributed by atoms with Gasteiger partial charge in [0.15, 0.2) is 0 Å². The lowest BCUT2D eigenvalue weighted by molar-refractivity contribution is 0.182. The van der Waals surface area contributed by atoms with Gasteiger partial charge in [-0.15, -0.1) is 0 Å². The number of rotatable bonds is 2. The van der Waals surface area contributed by atoms with Crippen LogP contribution in [0.2, 0.25) is 0 Å². The summed E-state index contributed by atoms with van der Waals surface area (Å²) in [6, 6.07) is 0.900. The highest BCUT2D eigenvalue weighted by atomic mass is 16.2. The summed E-state index contributed by atoms with van der Waals surface area (Å²) in [7, 11) is 0. The van der Waals surface area contributed by atoms with Crippen molar-refractivity contribution >= 4 is 6.03 Å². The zero-order valence-electron chi connectivity index (χ0n) is 8.98. The molecule has 4 heteroatoms. The van der Waals surface area contributed by atoms with E-state index in [1.165, 1.54) is 0 Å². The molecule has 1 aliphatic heterocycles. The Morgan fingerprint density at radius 1 is 1.20 bits per heavy atom. The normalized spacial score (nSPS) is 23.6. The average Bonchev–Trinajstić information content (AvgIpc) is 2.71. The van der Waals surface area contributed by atoms with E-state index >= 15 is 0 Å². The summed E-state index contributed by atoms with van der Waals surface area (Å²) in [5.41, 5.74) is 5.23. The molecule has 3 N–H and O–H groups in total. The summed E-state index contributed by atoms with van der Waals surface area (Å²) < 4.78 is 0. The van der Waals surface area contributed by atoms with Crippen molar-refractivity contribution < 1.29 is 4.79 Å². The third-order valence-electron chi connectivity index (χ3n) is 3.29. The molecule has 1 aliphatic carbocycles. The third kappa shape index (κ3) is 2.72. The van der Waals surface area contributed by atoms with Crippen LogP contribution in [0, 0.1) is 0 Å². The Bertz CT molecular complexity index is 249. The smallest absolute Gasteiger partial charge is 0.314 e. The molecule has 0 spiro atoms. The zero-order valence-corrected chi connectivity index (χ0v) is 8.98. The number of likely N-dealkylation sites (tertiary alicyclic amines) is 1. The van der Waals surface area contributed by atoms with Gasteiger partial charge in [-0.1, -0.05) is 12.2 Å². The Morgan fingerprint density at radius 2 is 1.80 bits per heavy atom. The summed E-state index contributed by atoms with van der Waals surface area (Å²) in [6.45, 7) is 1.60. The summed E-state index contributed by atoms with van der Waals surface area (Å²) in [5.74, 6) is 0. The lowest BCUT2D eigenvalue weighted by Gasteiger charge is -2.32. The molecular weight excluding hydrogens is 190 g/mol. The zero-order chi connectivity index (χ0) is 10.7. The maximum absolute atomic E-state index is 10.9. The highest BCUT2D eigenvalue weighted by Crippen LogP contribution is 2.15. The first-order valence-electron chi connectivity index (χ1n) is 5.71. The standard InChI is InChI=1S/C11H19N3O/c12-11(15)14-7-5-10(6-8-14)13-9-3-1-2-4-9/h1-2,9-10,13H,3-8H2,(H2,12,15). The van der Waals surface area contributed by atoms with Crippen LogP contribution in [-0.4, -0.2) is 36.1 Å². The van der Waals surface area contributed by atoms with Gasteiger partial charge in [0.25, 0.3) is 0 Å². The molecule has 0 saturated carbocycles. The molecule has 15 heavy (non-hydrogen) atoms. The highest BCUT2D eigenvalue weighted by Gasteiger charge is 2.23. The number of hydrogen-bond donors (Lipinski definition) is 2. The number of carbonyl (C=O) groups is 1. The first-order valence-corrected chi connectivity index (χ1v) is 5.71. The number of nitrogens with zero attached hydrogens (tertiary/aromatic N) is 1. The van der Waals surface area contributed by atoms with E-state index in [4.69, 9.17) is 5.73 Å². The Hall–Kier alpha value is -1.03. The van der Waals surface area contributed by atoms with Gasteiger partial charge < -0.3 is 16.0 Å². The molecule has 0 unspecified atom stereocenters. The first-order chi connectivity index (χ1) is 7.25. The van der Waals surface area contributed by atoms with E-state index in [-0.39, 0.29) is 6.03 Å². The Labute approximate surface area is 90.5 Å². The van der Waals surface area contributed by atoms with E-state index in [2.05, 4.69) is 17.5 Å². The number of carbonyl (C=O) groups excluding carboxylic acids is 1. The number of hydrogen-bond acceptors (Lipinski definition) is 2. The van der Waals surface area contributed by atoms with Crippen molar-refractivity contribution in [2.24, 2.45) is 5.73 Å². The van der Waals surface area contributed by atoms with Crippen LogP contribution in [0.4, 0.5) is 4.79 Å². The van der Waals surface area contributed by atoms with Crippen LogP contribution in [0.1, 0.15) is 25.7 Å². The summed E-state index contributed by atoms with van der Waals surface area (Å²) in [4.78, 5) is 12.7. The van der Waals surface area contributed by atoms with Crippen LogP contribution in [0.25, 0.3) is 0 Å². The van der Waals surface area contributed by atoms with E-state index in [1.807, 2.05) is 0 Å². The van der Waals surface area contributed by atoms with Crippen molar-refractivity contribution in [3.8, 4) is 0 Å². The fraction of sp³-hybridized carbons (Fsp3) is 0.727. The van der Waals surface area contributed by atoms with Crippen molar-refractivity contribution in [1.82, 2.24) is 10.2 Å². The molecule has 0 aromatic heterocycles. The van der Waals surface area contributed by atoms with Crippen molar-refractivity contribution in [3.63, 3.8) is 0 Å². The number of amides is 2. The quantitative estimate of drug-likeness (QED) is 0.662. The molecule has 0 radical (unpaired) electrons. The fourth-order valence-corrected chi connectivity index (χ4v) is 2.35. The van der Waals surface area contributed by atoms with Gasteiger partial charge in [-0.2, -0.15) is 0 Å². The molecule has 84 valence electrons. The van der Waals surface area contributed by atoms with Gasteiger partial charge in [-0.3, -0.25) is 0 Å². The largest absolute Gasteiger partial charge is 0.351 e. The molecule has 1 saturated heterocycles. The Kier molecular flexibility index (Phi) is 3.26. The van der Waals surface area contributed by atoms with Crippen molar-refractivity contribution in [3.05, 3.63) is 12.2 Å². The van der Waals surface area contributed by atoms with Crippen LogP contribution >= 0.6 is 0 Å². The van der Waals surface area contributed by atoms with Gasteiger partial charge in [0.2, 0.25) is 0 Å². The number of nitrogens with two attached hydrogens (primary N) is 1. The number of urea groups is 1. The molecule has 2 rings (SSSR count). The van der Waals surface area contributed by atoms with Gasteiger partial charge >= 0.3 is 6.03 Å². The maximum Gasteiger partial charge on any atom is 0.314 e. The molecule has 0 aromatic carbocycles. The van der Waals surface area contributed by atoms with Gasteiger partial charge in [-0.05, 0) is 25.7 Å². The summed E-state index contributed by atoms with van der Waals surface area (Å²) in [6.07, 6.45) is 8.82. The van der Waals surface area contributed by atoms with Gasteiger partial charge in [-0.25, -0.2) is 4.79 Å². The molecular formula is C11H19N3O. The van der Waals surface area contributed by atoms with E-state index in [0.29, 0.717) is 12.1 Å². The lowest BCUT2D eigenvalue weighted by atomic mass is 10.0. The summed E-state index contributed by atoms with van der Waals surface area (Å²) >= 11 is 0. The van der Waals surface area contributed by atoms with Crippen LogP contribution in [0.3, 0.4) is 0 Å². The van der Waals surface area contributed by atoms with Gasteiger partial charge in [0, 0.05) is 25.2 Å². The first kappa shape index (κ1) is 10.5. The Balaban J connectivity index is 1.71. The second-order valence-corrected chi connectivity index (χ2v) is 4.41. The topological polar surface area (TPSA) is 58.4 Å². The second kappa shape index (κ2) is 4.66. The van der Waals surface area contributed by atoms with Crippen LogP contribution in [0.15, 0.2) is 12.2 Å². The minimum absolute atomic E-state index is 0.281. The monoisotopic (exact) mass is 209 g/mol. The molecule has 0 bridgehead atoms. The number of primary amides is 1. The van der Waals surface area contributed by atoms with Crippen LogP contribution in [0.5, 0.6) is 0 Å². The van der Waals surface area contributed by atoms with Gasteiger partial charge in [0.1, 0.15) is 0 Å². The van der Waals surface area contributed by atoms with Crippen LogP contribution in [-0.2, 0) is 0 Å². The van der Waals surface area contributed by atoms with Gasteiger partial charge in [0.05, 0.1) is 0 Å². The summed E-state index contributed by atoms with van der Waals surface area (Å²) in [5, 5.41) is 3.64. The number of piperidine rings is 1. The van der Waals surface area contributed by atoms with Crippen molar-refractivity contribution in [1.29, 1.82) is 0 Å². The highest BCUT2D eigenvalue weighted by molar-refractivity contribution is 5.72. The molecule has 0 atom stereocenters. The average molecular weight is 209 g/mol. The van der Waals surface area contributed by atoms with Crippen LogP contribution < -0.4 is 11.1 Å². The number of nitrogens with one attached hydrogen (secondary N) is 1. The van der Waals surface area contributed by atoms with E-state index in [9.17, 15) is 4.79 Å². The van der Waals surface area contributed by atoms with Crippen molar-refractivity contribution in [2.45, 2.75) is 37.8 Å². The molecule has 4 nitrogen and oxygen atoms in total. The van der Waals surface area contributed by atoms with E-state index in [1.54, 1.807) is 4.90 Å². The van der Waals surface area contributed by atoms with Crippen molar-refractivity contribution in [2.75, 3.05) is 13.1 Å². The Morgan fingerprint density at radius 3 is 2.33 bits per heavy atom. The third-order valence-corrected chi connectivity index (χ3v) is 3.29. The predicted octanol–water partition coefficient (Wildman–Crippen LogP) is 0.838. The minimum Gasteiger partial charge on any atom is -0.351 e. The molecule has 2 aliphatic rings. The fourth-order valence-electron chi connectivity index (χ4n) is 2.35. The van der Waals surface area contributed by atoms with E-state index in [0.717, 1.165) is 38.8 Å². The van der Waals surface area contributed by atoms with E-state index < -0.39 is 0 Å². The minimum atomic E-state index is -0.281. The lowest BCUT2D eigenvalue weighted by Crippen LogP contribution is -2.48. The molecule has 2 amide bonds. The maximum atomic E-state index is 10.9. The molecule has 1 heterocycles. The molecule has 1 fully saturated rings.